The Morgan fingerprint density at radius 3 is 2.19 bits per heavy atom. The summed E-state index contributed by atoms with van der Waals surface area (Å²) in [6.07, 6.45) is 8.17. The highest BCUT2D eigenvalue weighted by Gasteiger charge is 2.20. The van der Waals surface area contributed by atoms with Gasteiger partial charge in [0, 0.05) is 13.7 Å². The highest BCUT2D eigenvalue weighted by atomic mass is 16.5. The van der Waals surface area contributed by atoms with Crippen LogP contribution in [0.1, 0.15) is 38.5 Å². The first-order valence-electron chi connectivity index (χ1n) is 6.63. The summed E-state index contributed by atoms with van der Waals surface area (Å²) in [6, 6.07) is 0. The summed E-state index contributed by atoms with van der Waals surface area (Å²) in [5.74, 6) is 1.85. The Hall–Kier alpha value is -0.120. The zero-order valence-electron chi connectivity index (χ0n) is 11.0. The molecule has 1 fully saturated rings. The Morgan fingerprint density at radius 1 is 1.12 bits per heavy atom. The summed E-state index contributed by atoms with van der Waals surface area (Å²) >= 11 is 0. The minimum absolute atomic E-state index is 0.752. The largest absolute Gasteiger partial charge is 0.369 e. The number of nitrogens with zero attached hydrogens (tertiary/aromatic N) is 1. The zero-order valence-corrected chi connectivity index (χ0v) is 11.0. The molecule has 0 unspecified atom stereocenters. The average Bonchev–Trinajstić information content (AvgIpc) is 2.29. The standard InChI is InChI=1S/C13H28N2O/c1-15(11-16-2)10-8-13-5-3-12(4-6-13)7-9-14/h12-13H,3-11,14H2,1-2H3. The molecular formula is C13H28N2O. The number of hydrogen-bond acceptors (Lipinski definition) is 3. The number of ether oxygens (including phenoxy) is 1. The minimum Gasteiger partial charge on any atom is -0.369 e. The van der Waals surface area contributed by atoms with E-state index in [1.165, 1.54) is 45.1 Å². The van der Waals surface area contributed by atoms with Crippen LogP contribution in [-0.2, 0) is 4.74 Å². The molecule has 0 aromatic carbocycles. The molecule has 16 heavy (non-hydrogen) atoms. The van der Waals surface area contributed by atoms with Gasteiger partial charge in [-0.25, -0.2) is 0 Å². The predicted octanol–water partition coefficient (Wildman–Crippen LogP) is 2.07. The van der Waals surface area contributed by atoms with E-state index < -0.39 is 0 Å². The Kier molecular flexibility index (Phi) is 7.01. The number of hydrogen-bond donors (Lipinski definition) is 1. The molecule has 0 amide bonds. The molecule has 0 bridgehead atoms. The van der Waals surface area contributed by atoms with E-state index in [4.69, 9.17) is 10.5 Å². The van der Waals surface area contributed by atoms with Gasteiger partial charge in [0.15, 0.2) is 0 Å². The van der Waals surface area contributed by atoms with Crippen molar-refractivity contribution in [1.29, 1.82) is 0 Å². The van der Waals surface area contributed by atoms with Crippen molar-refractivity contribution in [3.63, 3.8) is 0 Å². The fourth-order valence-corrected chi connectivity index (χ4v) is 2.73. The first-order chi connectivity index (χ1) is 7.76. The molecule has 0 radical (unpaired) electrons. The molecule has 0 heterocycles. The molecule has 2 N–H and O–H groups in total. The molecule has 1 saturated carbocycles. The first kappa shape index (κ1) is 13.9. The van der Waals surface area contributed by atoms with Crippen molar-refractivity contribution in [2.24, 2.45) is 17.6 Å². The molecule has 0 aliphatic heterocycles. The van der Waals surface area contributed by atoms with Crippen LogP contribution in [-0.4, -0.2) is 38.9 Å². The predicted molar refractivity (Wildman–Crippen MR) is 68.2 cm³/mol. The minimum atomic E-state index is 0.752. The van der Waals surface area contributed by atoms with E-state index in [-0.39, 0.29) is 0 Å². The maximum absolute atomic E-state index is 5.61. The average molecular weight is 228 g/mol. The monoisotopic (exact) mass is 228 g/mol. The van der Waals surface area contributed by atoms with Crippen molar-refractivity contribution in [3.8, 4) is 0 Å². The van der Waals surface area contributed by atoms with Crippen molar-refractivity contribution >= 4 is 0 Å². The third-order valence-corrected chi connectivity index (χ3v) is 3.81. The zero-order chi connectivity index (χ0) is 11.8. The van der Waals surface area contributed by atoms with Crippen LogP contribution in [0.25, 0.3) is 0 Å². The van der Waals surface area contributed by atoms with E-state index in [9.17, 15) is 0 Å². The summed E-state index contributed by atoms with van der Waals surface area (Å²) in [5.41, 5.74) is 5.61. The van der Waals surface area contributed by atoms with Crippen molar-refractivity contribution in [2.75, 3.05) is 34.0 Å². The summed E-state index contributed by atoms with van der Waals surface area (Å²) < 4.78 is 5.10. The van der Waals surface area contributed by atoms with Crippen LogP contribution >= 0.6 is 0 Å². The third kappa shape index (κ3) is 5.28. The highest BCUT2D eigenvalue weighted by Crippen LogP contribution is 2.32. The second-order valence-electron chi connectivity index (χ2n) is 5.25. The van der Waals surface area contributed by atoms with Gasteiger partial charge >= 0.3 is 0 Å². The molecule has 0 saturated heterocycles. The molecule has 1 aliphatic rings. The van der Waals surface area contributed by atoms with Crippen LogP contribution in [0, 0.1) is 11.8 Å². The quantitative estimate of drug-likeness (QED) is 0.678. The molecule has 3 nitrogen and oxygen atoms in total. The van der Waals surface area contributed by atoms with Gasteiger partial charge in [-0.05, 0) is 38.3 Å². The van der Waals surface area contributed by atoms with Crippen molar-refractivity contribution in [3.05, 3.63) is 0 Å². The smallest absolute Gasteiger partial charge is 0.0983 e. The maximum Gasteiger partial charge on any atom is 0.0983 e. The highest BCUT2D eigenvalue weighted by molar-refractivity contribution is 4.73. The van der Waals surface area contributed by atoms with E-state index in [0.29, 0.717) is 0 Å². The number of rotatable bonds is 7. The van der Waals surface area contributed by atoms with Crippen LogP contribution in [0.2, 0.25) is 0 Å². The summed E-state index contributed by atoms with van der Waals surface area (Å²) in [4.78, 5) is 2.26. The van der Waals surface area contributed by atoms with E-state index >= 15 is 0 Å². The van der Waals surface area contributed by atoms with Crippen LogP contribution in [0.5, 0.6) is 0 Å². The fourth-order valence-electron chi connectivity index (χ4n) is 2.73. The summed E-state index contributed by atoms with van der Waals surface area (Å²) in [5, 5.41) is 0. The van der Waals surface area contributed by atoms with Gasteiger partial charge in [-0.1, -0.05) is 25.7 Å². The molecule has 3 heteroatoms. The summed E-state index contributed by atoms with van der Waals surface area (Å²) in [6.45, 7) is 2.79. The Morgan fingerprint density at radius 2 is 1.69 bits per heavy atom. The van der Waals surface area contributed by atoms with Crippen molar-refractivity contribution in [1.82, 2.24) is 4.90 Å². The van der Waals surface area contributed by atoms with Gasteiger partial charge in [0.05, 0.1) is 6.73 Å². The SMILES string of the molecule is COCN(C)CCC1CCC(CCN)CC1. The Bertz CT molecular complexity index is 167. The van der Waals surface area contributed by atoms with Crippen LogP contribution in [0.15, 0.2) is 0 Å². The van der Waals surface area contributed by atoms with Gasteiger partial charge in [0.25, 0.3) is 0 Å². The molecular weight excluding hydrogens is 200 g/mol. The Labute approximate surface area is 100 Å². The second kappa shape index (κ2) is 8.04. The van der Waals surface area contributed by atoms with E-state index in [2.05, 4.69) is 11.9 Å². The third-order valence-electron chi connectivity index (χ3n) is 3.81. The lowest BCUT2D eigenvalue weighted by molar-refractivity contribution is 0.0753. The number of methoxy groups -OCH3 is 1. The second-order valence-corrected chi connectivity index (χ2v) is 5.25. The van der Waals surface area contributed by atoms with E-state index in [1.54, 1.807) is 7.11 Å². The normalized spacial score (nSPS) is 26.2. The molecule has 96 valence electrons. The number of nitrogens with two attached hydrogens (primary N) is 1. The van der Waals surface area contributed by atoms with Gasteiger partial charge in [-0.2, -0.15) is 0 Å². The molecule has 0 spiro atoms. The first-order valence-corrected chi connectivity index (χ1v) is 6.63. The van der Waals surface area contributed by atoms with Gasteiger partial charge in [0.1, 0.15) is 0 Å². The lowest BCUT2D eigenvalue weighted by atomic mass is 9.79. The van der Waals surface area contributed by atoms with Crippen molar-refractivity contribution < 1.29 is 4.74 Å². The van der Waals surface area contributed by atoms with Gasteiger partial charge < -0.3 is 10.5 Å². The molecule has 0 atom stereocenters. The lowest BCUT2D eigenvalue weighted by Crippen LogP contribution is -2.25. The Balaban J connectivity index is 2.07. The van der Waals surface area contributed by atoms with Crippen LogP contribution < -0.4 is 5.73 Å². The van der Waals surface area contributed by atoms with E-state index in [1.807, 2.05) is 0 Å². The molecule has 1 aliphatic carbocycles. The molecule has 0 aromatic rings. The topological polar surface area (TPSA) is 38.5 Å². The van der Waals surface area contributed by atoms with Gasteiger partial charge in [-0.15, -0.1) is 0 Å². The lowest BCUT2D eigenvalue weighted by Gasteiger charge is -2.29. The van der Waals surface area contributed by atoms with E-state index in [0.717, 1.165) is 25.1 Å². The van der Waals surface area contributed by atoms with Crippen LogP contribution in [0.3, 0.4) is 0 Å². The molecule has 1 rings (SSSR count). The van der Waals surface area contributed by atoms with Crippen molar-refractivity contribution in [2.45, 2.75) is 38.5 Å². The molecule has 0 aromatic heterocycles. The van der Waals surface area contributed by atoms with Gasteiger partial charge in [-0.3, -0.25) is 4.90 Å². The maximum atomic E-state index is 5.61. The fraction of sp³-hybridized carbons (Fsp3) is 1.00. The van der Waals surface area contributed by atoms with Crippen LogP contribution in [0.4, 0.5) is 0 Å². The summed E-state index contributed by atoms with van der Waals surface area (Å²) in [7, 11) is 3.89. The van der Waals surface area contributed by atoms with Gasteiger partial charge in [0.2, 0.25) is 0 Å².